The molecule has 5 heteroatoms. The van der Waals surface area contributed by atoms with E-state index >= 15 is 0 Å². The maximum absolute atomic E-state index is 11.5. The summed E-state index contributed by atoms with van der Waals surface area (Å²) in [5.74, 6) is -0.169. The molecular weight excluding hydrogens is 230 g/mol. The molecule has 0 spiro atoms. The van der Waals surface area contributed by atoms with Crippen molar-refractivity contribution < 1.29 is 9.53 Å². The highest BCUT2D eigenvalue weighted by molar-refractivity contribution is 5.71. The number of hydrogen-bond acceptors (Lipinski definition) is 4. The lowest BCUT2D eigenvalue weighted by Crippen LogP contribution is -2.31. The number of hydrogen-bond donors (Lipinski definition) is 0. The molecule has 5 nitrogen and oxygen atoms in total. The molecule has 0 fully saturated rings. The number of carbonyl (C=O) groups excluding carboxylic acids is 1. The van der Waals surface area contributed by atoms with Crippen LogP contribution in [0.5, 0.6) is 0 Å². The Balaban J connectivity index is 2.61. The Kier molecular flexibility index (Phi) is 5.85. The molecule has 1 rings (SSSR count). The van der Waals surface area contributed by atoms with Gasteiger partial charge in [0.25, 0.3) is 0 Å². The summed E-state index contributed by atoms with van der Waals surface area (Å²) in [6.07, 6.45) is 0.928. The van der Waals surface area contributed by atoms with Crippen molar-refractivity contribution in [2.75, 3.05) is 19.7 Å². The van der Waals surface area contributed by atoms with Crippen LogP contribution in [0.1, 0.15) is 32.2 Å². The Bertz CT molecular complexity index is 388. The summed E-state index contributed by atoms with van der Waals surface area (Å²) in [5.41, 5.74) is 2.21. The molecule has 102 valence electrons. The minimum absolute atomic E-state index is 0.169. The van der Waals surface area contributed by atoms with Crippen LogP contribution in [-0.2, 0) is 29.5 Å². The smallest absolute Gasteiger partial charge is 0.320 e. The van der Waals surface area contributed by atoms with Crippen molar-refractivity contribution in [2.45, 2.75) is 33.7 Å². The minimum atomic E-state index is -0.169. The van der Waals surface area contributed by atoms with Gasteiger partial charge in [-0.05, 0) is 26.0 Å². The number of aromatic nitrogens is 2. The van der Waals surface area contributed by atoms with Gasteiger partial charge >= 0.3 is 5.97 Å². The van der Waals surface area contributed by atoms with Gasteiger partial charge in [-0.25, -0.2) is 0 Å². The number of ether oxygens (including phenoxy) is 1. The van der Waals surface area contributed by atoms with Gasteiger partial charge in [-0.1, -0.05) is 13.8 Å². The second-order valence-electron chi connectivity index (χ2n) is 4.21. The highest BCUT2D eigenvalue weighted by atomic mass is 16.5. The highest BCUT2D eigenvalue weighted by Crippen LogP contribution is 2.07. The largest absolute Gasteiger partial charge is 0.465 e. The molecule has 1 heterocycles. The van der Waals surface area contributed by atoms with Crippen molar-refractivity contribution in [3.8, 4) is 0 Å². The van der Waals surface area contributed by atoms with Crippen LogP contribution in [-0.4, -0.2) is 40.3 Å². The van der Waals surface area contributed by atoms with Gasteiger partial charge in [0.05, 0.1) is 24.5 Å². The van der Waals surface area contributed by atoms with Crippen LogP contribution >= 0.6 is 0 Å². The Morgan fingerprint density at radius 3 is 2.67 bits per heavy atom. The molecule has 0 N–H and O–H groups in total. The fourth-order valence-corrected chi connectivity index (χ4v) is 1.79. The van der Waals surface area contributed by atoms with Crippen molar-refractivity contribution >= 4 is 5.97 Å². The van der Waals surface area contributed by atoms with Crippen molar-refractivity contribution in [2.24, 2.45) is 7.05 Å². The summed E-state index contributed by atoms with van der Waals surface area (Å²) in [7, 11) is 1.94. The number of nitrogens with zero attached hydrogens (tertiary/aromatic N) is 3. The molecule has 0 aromatic carbocycles. The maximum Gasteiger partial charge on any atom is 0.320 e. The van der Waals surface area contributed by atoms with Gasteiger partial charge in [-0.3, -0.25) is 14.4 Å². The fraction of sp³-hybridized carbons (Fsp3) is 0.692. The highest BCUT2D eigenvalue weighted by Gasteiger charge is 2.13. The van der Waals surface area contributed by atoms with Gasteiger partial charge in [-0.15, -0.1) is 0 Å². The summed E-state index contributed by atoms with van der Waals surface area (Å²) in [5, 5.41) is 4.41. The van der Waals surface area contributed by atoms with E-state index in [1.807, 2.05) is 25.6 Å². The molecule has 0 aliphatic rings. The van der Waals surface area contributed by atoms with Gasteiger partial charge in [0, 0.05) is 13.6 Å². The van der Waals surface area contributed by atoms with Gasteiger partial charge in [0.1, 0.15) is 0 Å². The first-order chi connectivity index (χ1) is 8.60. The Morgan fingerprint density at radius 1 is 1.44 bits per heavy atom. The molecule has 0 saturated heterocycles. The van der Waals surface area contributed by atoms with Crippen molar-refractivity contribution in [3.63, 3.8) is 0 Å². The van der Waals surface area contributed by atoms with Crippen molar-refractivity contribution in [3.05, 3.63) is 17.5 Å². The Hall–Kier alpha value is -1.36. The van der Waals surface area contributed by atoms with E-state index in [1.54, 1.807) is 0 Å². The zero-order valence-corrected chi connectivity index (χ0v) is 11.8. The molecule has 1 aromatic heterocycles. The van der Waals surface area contributed by atoms with Crippen molar-refractivity contribution in [1.29, 1.82) is 0 Å². The molecule has 0 bridgehead atoms. The van der Waals surface area contributed by atoms with Crippen LogP contribution < -0.4 is 0 Å². The second-order valence-corrected chi connectivity index (χ2v) is 4.21. The Morgan fingerprint density at radius 2 is 2.17 bits per heavy atom. The van der Waals surface area contributed by atoms with Crippen molar-refractivity contribution in [1.82, 2.24) is 14.7 Å². The monoisotopic (exact) mass is 253 g/mol. The zero-order valence-electron chi connectivity index (χ0n) is 11.8. The first kappa shape index (κ1) is 14.7. The molecular formula is C13H23N3O2. The predicted octanol–water partition coefficient (Wildman–Crippen LogP) is 1.37. The summed E-state index contributed by atoms with van der Waals surface area (Å²) in [6.45, 7) is 8.24. The molecule has 0 atom stereocenters. The lowest BCUT2D eigenvalue weighted by molar-refractivity contribution is -0.144. The lowest BCUT2D eigenvalue weighted by Gasteiger charge is -2.18. The van der Waals surface area contributed by atoms with Gasteiger partial charge < -0.3 is 4.74 Å². The third kappa shape index (κ3) is 4.14. The van der Waals surface area contributed by atoms with Gasteiger partial charge in [0.15, 0.2) is 0 Å². The maximum atomic E-state index is 11.5. The van der Waals surface area contributed by atoms with Crippen LogP contribution in [0.15, 0.2) is 6.07 Å². The fourth-order valence-electron chi connectivity index (χ4n) is 1.79. The van der Waals surface area contributed by atoms with Gasteiger partial charge in [0.2, 0.25) is 0 Å². The van der Waals surface area contributed by atoms with E-state index in [2.05, 4.69) is 23.0 Å². The van der Waals surface area contributed by atoms with Crippen LogP contribution in [0, 0.1) is 0 Å². The Labute approximate surface area is 109 Å². The molecule has 0 saturated carbocycles. The number of aryl methyl sites for hydroxylation is 2. The molecule has 0 aliphatic carbocycles. The summed E-state index contributed by atoms with van der Waals surface area (Å²) in [6, 6.07) is 2.09. The van der Waals surface area contributed by atoms with Crippen LogP contribution in [0.4, 0.5) is 0 Å². The first-order valence-corrected chi connectivity index (χ1v) is 6.50. The quantitative estimate of drug-likeness (QED) is 0.689. The third-order valence-electron chi connectivity index (χ3n) is 2.88. The molecule has 1 aromatic rings. The van der Waals surface area contributed by atoms with E-state index in [4.69, 9.17) is 4.74 Å². The molecule has 0 aliphatic heterocycles. The molecule has 0 unspecified atom stereocenters. The standard InChI is InChI=1S/C13H23N3O2/c1-5-11-8-12(15(4)14-11)9-16(6-2)10-13(17)18-7-3/h8H,5-7,9-10H2,1-4H3. The normalized spacial score (nSPS) is 10.9. The van der Waals surface area contributed by atoms with E-state index in [-0.39, 0.29) is 5.97 Å². The zero-order chi connectivity index (χ0) is 13.5. The van der Waals surface area contributed by atoms with Gasteiger partial charge in [-0.2, -0.15) is 5.10 Å². The molecule has 18 heavy (non-hydrogen) atoms. The number of rotatable bonds is 7. The topological polar surface area (TPSA) is 47.4 Å². The number of carbonyl (C=O) groups is 1. The minimum Gasteiger partial charge on any atom is -0.465 e. The van der Waals surface area contributed by atoms with E-state index in [0.717, 1.165) is 30.9 Å². The van der Waals surface area contributed by atoms with E-state index in [0.29, 0.717) is 13.2 Å². The molecule has 0 radical (unpaired) electrons. The van der Waals surface area contributed by atoms with E-state index < -0.39 is 0 Å². The molecule has 0 amide bonds. The average Bonchev–Trinajstić information content (AvgIpc) is 2.69. The number of esters is 1. The third-order valence-corrected chi connectivity index (χ3v) is 2.88. The summed E-state index contributed by atoms with van der Waals surface area (Å²) < 4.78 is 6.85. The summed E-state index contributed by atoms with van der Waals surface area (Å²) >= 11 is 0. The average molecular weight is 253 g/mol. The lowest BCUT2D eigenvalue weighted by atomic mass is 10.3. The first-order valence-electron chi connectivity index (χ1n) is 6.50. The van der Waals surface area contributed by atoms with Crippen LogP contribution in [0.25, 0.3) is 0 Å². The van der Waals surface area contributed by atoms with Crippen LogP contribution in [0.2, 0.25) is 0 Å². The van der Waals surface area contributed by atoms with Crippen LogP contribution in [0.3, 0.4) is 0 Å². The van der Waals surface area contributed by atoms with E-state index in [1.165, 1.54) is 0 Å². The predicted molar refractivity (Wildman–Crippen MR) is 70.2 cm³/mol. The van der Waals surface area contributed by atoms with E-state index in [9.17, 15) is 4.79 Å². The summed E-state index contributed by atoms with van der Waals surface area (Å²) in [4.78, 5) is 13.5. The SMILES string of the molecule is CCOC(=O)CN(CC)Cc1cc(CC)nn1C. The second kappa shape index (κ2) is 7.16. The number of likely N-dealkylation sites (N-methyl/N-ethyl adjacent to an activating group) is 1.